The molecule has 5 rings (SSSR count). The summed E-state index contributed by atoms with van der Waals surface area (Å²) in [5, 5.41) is 4.39. The molecule has 3 aromatic heterocycles. The summed E-state index contributed by atoms with van der Waals surface area (Å²) >= 11 is 0. The van der Waals surface area contributed by atoms with E-state index in [9.17, 15) is 9.18 Å². The fourth-order valence-electron chi connectivity index (χ4n) is 3.42. The number of amides is 1. The highest BCUT2D eigenvalue weighted by atomic mass is 19.1. The van der Waals surface area contributed by atoms with Crippen molar-refractivity contribution in [3.8, 4) is 11.4 Å². The molecule has 0 aliphatic carbocycles. The number of nitrogens with zero attached hydrogens (tertiary/aromatic N) is 7. The second-order valence-corrected chi connectivity index (χ2v) is 6.60. The molecule has 3 aromatic rings. The van der Waals surface area contributed by atoms with E-state index in [1.54, 1.807) is 35.8 Å². The van der Waals surface area contributed by atoms with Crippen molar-refractivity contribution >= 4 is 17.5 Å². The average molecular weight is 365 g/mol. The van der Waals surface area contributed by atoms with Crippen molar-refractivity contribution < 1.29 is 9.18 Å². The molecule has 0 spiro atoms. The van der Waals surface area contributed by atoms with Crippen LogP contribution in [-0.2, 0) is 6.54 Å². The van der Waals surface area contributed by atoms with Gasteiger partial charge in [-0.15, -0.1) is 0 Å². The Morgan fingerprint density at radius 3 is 2.74 bits per heavy atom. The highest BCUT2D eigenvalue weighted by molar-refractivity contribution is 5.96. The fourth-order valence-corrected chi connectivity index (χ4v) is 3.42. The van der Waals surface area contributed by atoms with E-state index in [4.69, 9.17) is 0 Å². The predicted octanol–water partition coefficient (Wildman–Crippen LogP) is 2.27. The molecule has 0 aromatic carbocycles. The van der Waals surface area contributed by atoms with Gasteiger partial charge < -0.3 is 4.90 Å². The van der Waals surface area contributed by atoms with Crippen LogP contribution < -0.4 is 9.80 Å². The largest absolute Gasteiger partial charge is 0.352 e. The van der Waals surface area contributed by atoms with Crippen LogP contribution in [0.3, 0.4) is 0 Å². The van der Waals surface area contributed by atoms with Gasteiger partial charge in [-0.3, -0.25) is 9.88 Å². The summed E-state index contributed by atoms with van der Waals surface area (Å²) in [6.07, 6.45) is 6.27. The SMILES string of the molecule is O=C1N(c2cccnc2)Cc2cc(-c3cnc(N4CCC(F)C4)cn3)nn21. The van der Waals surface area contributed by atoms with Crippen molar-refractivity contribution in [2.24, 2.45) is 0 Å². The molecule has 2 aliphatic heterocycles. The first-order valence-electron chi connectivity index (χ1n) is 8.71. The zero-order valence-corrected chi connectivity index (χ0v) is 14.4. The van der Waals surface area contributed by atoms with E-state index < -0.39 is 6.17 Å². The third-order valence-corrected chi connectivity index (χ3v) is 4.83. The maximum atomic E-state index is 13.3. The topological polar surface area (TPSA) is 80.0 Å². The zero-order chi connectivity index (χ0) is 18.4. The van der Waals surface area contributed by atoms with E-state index in [0.29, 0.717) is 43.3 Å². The van der Waals surface area contributed by atoms with Crippen molar-refractivity contribution in [1.29, 1.82) is 0 Å². The van der Waals surface area contributed by atoms with Crippen molar-refractivity contribution in [3.05, 3.63) is 48.7 Å². The number of alkyl halides is 1. The molecule has 9 heteroatoms. The highest BCUT2D eigenvalue weighted by Crippen LogP contribution is 2.27. The minimum Gasteiger partial charge on any atom is -0.352 e. The molecule has 1 unspecified atom stereocenters. The summed E-state index contributed by atoms with van der Waals surface area (Å²) in [6, 6.07) is 5.24. The van der Waals surface area contributed by atoms with E-state index in [0.717, 1.165) is 11.4 Å². The number of rotatable bonds is 3. The van der Waals surface area contributed by atoms with Gasteiger partial charge in [0, 0.05) is 12.7 Å². The smallest absolute Gasteiger partial charge is 0.349 e. The molecule has 136 valence electrons. The quantitative estimate of drug-likeness (QED) is 0.708. The summed E-state index contributed by atoms with van der Waals surface area (Å²) in [4.78, 5) is 28.9. The molecule has 5 heterocycles. The molecular weight excluding hydrogens is 349 g/mol. The highest BCUT2D eigenvalue weighted by Gasteiger charge is 2.31. The normalized spacial score (nSPS) is 19.0. The number of anilines is 2. The van der Waals surface area contributed by atoms with E-state index in [1.807, 2.05) is 17.0 Å². The minimum atomic E-state index is -0.809. The minimum absolute atomic E-state index is 0.222. The molecule has 0 saturated carbocycles. The van der Waals surface area contributed by atoms with Crippen LogP contribution in [-0.4, -0.2) is 50.0 Å². The molecule has 0 radical (unpaired) electrons. The van der Waals surface area contributed by atoms with Gasteiger partial charge in [-0.2, -0.15) is 9.78 Å². The number of hydrogen-bond donors (Lipinski definition) is 0. The van der Waals surface area contributed by atoms with E-state index in [1.165, 1.54) is 4.68 Å². The second-order valence-electron chi connectivity index (χ2n) is 6.60. The number of halogens is 1. The first-order chi connectivity index (χ1) is 13.2. The molecule has 8 nitrogen and oxygen atoms in total. The summed E-state index contributed by atoms with van der Waals surface area (Å²) in [5.41, 5.74) is 2.69. The number of carbonyl (C=O) groups is 1. The lowest BCUT2D eigenvalue weighted by molar-refractivity contribution is 0.248. The Morgan fingerprint density at radius 2 is 2.07 bits per heavy atom. The molecule has 27 heavy (non-hydrogen) atoms. The number of hydrogen-bond acceptors (Lipinski definition) is 6. The molecule has 2 aliphatic rings. The summed E-state index contributed by atoms with van der Waals surface area (Å²) in [6.45, 7) is 1.42. The Labute approximate surface area is 154 Å². The lowest BCUT2D eigenvalue weighted by Gasteiger charge is -2.15. The van der Waals surface area contributed by atoms with E-state index >= 15 is 0 Å². The Kier molecular flexibility index (Phi) is 3.59. The predicted molar refractivity (Wildman–Crippen MR) is 96.2 cm³/mol. The summed E-state index contributed by atoms with van der Waals surface area (Å²) in [5.74, 6) is 0.657. The third kappa shape index (κ3) is 2.71. The van der Waals surface area contributed by atoms with Gasteiger partial charge in [0.1, 0.15) is 23.4 Å². The Balaban J connectivity index is 1.37. The van der Waals surface area contributed by atoms with Crippen LogP contribution in [0, 0.1) is 0 Å². The van der Waals surface area contributed by atoms with Crippen molar-refractivity contribution in [1.82, 2.24) is 24.7 Å². The molecule has 0 N–H and O–H groups in total. The van der Waals surface area contributed by atoms with E-state index in [2.05, 4.69) is 20.1 Å². The van der Waals surface area contributed by atoms with Gasteiger partial charge in [-0.25, -0.2) is 19.2 Å². The Morgan fingerprint density at radius 1 is 1.15 bits per heavy atom. The second kappa shape index (κ2) is 6.11. The number of fused-ring (bicyclic) bond motifs is 1. The van der Waals surface area contributed by atoms with Crippen LogP contribution in [0.1, 0.15) is 12.1 Å². The lowest BCUT2D eigenvalue weighted by atomic mass is 10.3. The van der Waals surface area contributed by atoms with Crippen LogP contribution in [0.5, 0.6) is 0 Å². The van der Waals surface area contributed by atoms with Crippen LogP contribution in [0.2, 0.25) is 0 Å². The maximum absolute atomic E-state index is 13.3. The molecule has 1 amide bonds. The van der Waals surface area contributed by atoms with Crippen molar-refractivity contribution in [2.75, 3.05) is 22.9 Å². The number of carbonyl (C=O) groups excluding carboxylic acids is 1. The maximum Gasteiger partial charge on any atom is 0.349 e. The van der Waals surface area contributed by atoms with Gasteiger partial charge in [0.15, 0.2) is 0 Å². The van der Waals surface area contributed by atoms with Gasteiger partial charge in [0.25, 0.3) is 0 Å². The van der Waals surface area contributed by atoms with Crippen LogP contribution in [0.25, 0.3) is 11.4 Å². The Bertz CT molecular complexity index is 989. The van der Waals surface area contributed by atoms with Gasteiger partial charge in [-0.05, 0) is 24.6 Å². The average Bonchev–Trinajstić information content (AvgIpc) is 3.39. The number of aromatic nitrogens is 5. The van der Waals surface area contributed by atoms with E-state index in [-0.39, 0.29) is 6.03 Å². The van der Waals surface area contributed by atoms with Crippen molar-refractivity contribution in [3.63, 3.8) is 0 Å². The third-order valence-electron chi connectivity index (χ3n) is 4.83. The fraction of sp³-hybridized carbons (Fsp3) is 0.278. The molecule has 1 fully saturated rings. The zero-order valence-electron chi connectivity index (χ0n) is 14.4. The van der Waals surface area contributed by atoms with Gasteiger partial charge in [0.05, 0.1) is 43.1 Å². The van der Waals surface area contributed by atoms with Gasteiger partial charge >= 0.3 is 6.03 Å². The molecule has 1 atom stereocenters. The Hall–Kier alpha value is -3.36. The number of pyridine rings is 1. The standard InChI is InChI=1S/C18H16FN7O/c19-12-3-5-24(10-12)17-9-21-16(8-22-17)15-6-14-11-25(18(27)26(14)23-15)13-2-1-4-20-7-13/h1-2,4,6-9,12H,3,5,10-11H2. The molecular formula is C18H16FN7O. The van der Waals surface area contributed by atoms with Crippen LogP contribution >= 0.6 is 0 Å². The first kappa shape index (κ1) is 15.9. The monoisotopic (exact) mass is 365 g/mol. The summed E-state index contributed by atoms with van der Waals surface area (Å²) in [7, 11) is 0. The van der Waals surface area contributed by atoms with Gasteiger partial charge in [-0.1, -0.05) is 0 Å². The van der Waals surface area contributed by atoms with Crippen molar-refractivity contribution in [2.45, 2.75) is 19.1 Å². The molecule has 1 saturated heterocycles. The van der Waals surface area contributed by atoms with Gasteiger partial charge in [0.2, 0.25) is 0 Å². The van der Waals surface area contributed by atoms with Crippen LogP contribution in [0.15, 0.2) is 43.0 Å². The van der Waals surface area contributed by atoms with Crippen LogP contribution in [0.4, 0.5) is 20.7 Å². The summed E-state index contributed by atoms with van der Waals surface area (Å²) < 4.78 is 14.7. The molecule has 0 bridgehead atoms. The lowest BCUT2D eigenvalue weighted by Crippen LogP contribution is -2.26. The first-order valence-corrected chi connectivity index (χ1v) is 8.71.